The van der Waals surface area contributed by atoms with E-state index < -0.39 is 11.5 Å². The van der Waals surface area contributed by atoms with Crippen molar-refractivity contribution in [1.29, 1.82) is 0 Å². The highest BCUT2D eigenvalue weighted by Gasteiger charge is 2.14. The number of amides is 1. The van der Waals surface area contributed by atoms with E-state index in [1.165, 1.54) is 6.07 Å². The van der Waals surface area contributed by atoms with E-state index in [-0.39, 0.29) is 18.0 Å². The summed E-state index contributed by atoms with van der Waals surface area (Å²) in [6.07, 6.45) is 0. The highest BCUT2D eigenvalue weighted by atomic mass is 35.5. The lowest BCUT2D eigenvalue weighted by atomic mass is 10.1. The average Bonchev–Trinajstić information content (AvgIpc) is 3.09. The smallest absolute Gasteiger partial charge is 0.261 e. The average molecular weight is 373 g/mol. The van der Waals surface area contributed by atoms with Crippen molar-refractivity contribution in [1.82, 2.24) is 20.4 Å². The van der Waals surface area contributed by atoms with Crippen LogP contribution >= 0.6 is 11.6 Å². The van der Waals surface area contributed by atoms with Gasteiger partial charge in [0.25, 0.3) is 17.4 Å². The van der Waals surface area contributed by atoms with E-state index in [0.717, 1.165) is 11.3 Å². The van der Waals surface area contributed by atoms with E-state index in [4.69, 9.17) is 16.1 Å². The normalized spacial score (nSPS) is 10.9. The minimum absolute atomic E-state index is 0.0378. The molecule has 0 atom stereocenters. The van der Waals surface area contributed by atoms with Gasteiger partial charge in [-0.05, 0) is 42.3 Å². The highest BCUT2D eigenvalue weighted by molar-refractivity contribution is 6.30. The van der Waals surface area contributed by atoms with Gasteiger partial charge in [-0.25, -0.2) is 0 Å². The molecule has 3 aromatic rings. The van der Waals surface area contributed by atoms with Crippen molar-refractivity contribution in [3.8, 4) is 11.5 Å². The van der Waals surface area contributed by atoms with Gasteiger partial charge in [0.05, 0.1) is 6.54 Å². The predicted molar refractivity (Wildman–Crippen MR) is 97.1 cm³/mol. The molecule has 8 heteroatoms. The van der Waals surface area contributed by atoms with Gasteiger partial charge in [0, 0.05) is 16.3 Å². The van der Waals surface area contributed by atoms with E-state index in [9.17, 15) is 9.59 Å². The molecule has 2 heterocycles. The van der Waals surface area contributed by atoms with Crippen LogP contribution in [0.4, 0.5) is 0 Å². The number of rotatable bonds is 5. The van der Waals surface area contributed by atoms with E-state index in [0.29, 0.717) is 16.7 Å². The summed E-state index contributed by atoms with van der Waals surface area (Å²) in [6.45, 7) is 3.96. The van der Waals surface area contributed by atoms with Crippen molar-refractivity contribution in [3.05, 3.63) is 68.9 Å². The molecule has 0 bridgehead atoms. The molecule has 0 saturated carbocycles. The fourth-order valence-corrected chi connectivity index (χ4v) is 2.42. The lowest BCUT2D eigenvalue weighted by molar-refractivity contribution is 0.0948. The van der Waals surface area contributed by atoms with Crippen LogP contribution < -0.4 is 10.9 Å². The molecule has 3 rings (SSSR count). The number of nitrogens with zero attached hydrogens (tertiary/aromatic N) is 2. The van der Waals surface area contributed by atoms with Gasteiger partial charge in [-0.1, -0.05) is 30.6 Å². The van der Waals surface area contributed by atoms with Crippen molar-refractivity contribution >= 4 is 17.5 Å². The Morgan fingerprint density at radius 3 is 2.62 bits per heavy atom. The van der Waals surface area contributed by atoms with Crippen LogP contribution in [0.2, 0.25) is 5.02 Å². The number of aromatic amines is 1. The number of benzene rings is 1. The number of pyridine rings is 1. The molecule has 2 aromatic heterocycles. The number of aromatic nitrogens is 3. The van der Waals surface area contributed by atoms with Gasteiger partial charge >= 0.3 is 0 Å². The summed E-state index contributed by atoms with van der Waals surface area (Å²) < 4.78 is 5.17. The highest BCUT2D eigenvalue weighted by Crippen LogP contribution is 2.19. The molecule has 0 fully saturated rings. The zero-order valence-electron chi connectivity index (χ0n) is 14.2. The third-order valence-corrected chi connectivity index (χ3v) is 4.02. The summed E-state index contributed by atoms with van der Waals surface area (Å²) in [5.41, 5.74) is 1.11. The number of nitrogens with one attached hydrogen (secondary N) is 2. The van der Waals surface area contributed by atoms with Gasteiger partial charge in [0.15, 0.2) is 5.82 Å². The standard InChI is InChI=1S/C18H17ClN4O3/c1-10(2)14-8-7-13(17(25)21-14)16(24)20-9-15-22-18(26-23-15)11-3-5-12(19)6-4-11/h3-8,10H,9H2,1-2H3,(H,20,24)(H,21,25). The molecule has 0 radical (unpaired) electrons. The van der Waals surface area contributed by atoms with Gasteiger partial charge in [-0.15, -0.1) is 0 Å². The van der Waals surface area contributed by atoms with Crippen LogP contribution in [0.1, 0.15) is 41.6 Å². The van der Waals surface area contributed by atoms with Crippen LogP contribution in [0.3, 0.4) is 0 Å². The Hall–Kier alpha value is -2.93. The predicted octanol–water partition coefficient (Wildman–Crippen LogP) is 3.13. The molecule has 0 spiro atoms. The topological polar surface area (TPSA) is 101 Å². The van der Waals surface area contributed by atoms with E-state index in [1.807, 2.05) is 13.8 Å². The first-order valence-electron chi connectivity index (χ1n) is 8.04. The third-order valence-electron chi connectivity index (χ3n) is 3.77. The zero-order chi connectivity index (χ0) is 18.7. The Labute approximate surface area is 154 Å². The van der Waals surface area contributed by atoms with Crippen LogP contribution in [-0.4, -0.2) is 21.0 Å². The Morgan fingerprint density at radius 2 is 1.96 bits per heavy atom. The van der Waals surface area contributed by atoms with Crippen LogP contribution in [-0.2, 0) is 6.54 Å². The first kappa shape index (κ1) is 17.9. The van der Waals surface area contributed by atoms with Crippen molar-refractivity contribution in [2.75, 3.05) is 0 Å². The summed E-state index contributed by atoms with van der Waals surface area (Å²) in [7, 11) is 0. The maximum Gasteiger partial charge on any atom is 0.261 e. The Balaban J connectivity index is 1.67. The van der Waals surface area contributed by atoms with Crippen LogP contribution in [0, 0.1) is 0 Å². The number of hydrogen-bond donors (Lipinski definition) is 2. The summed E-state index contributed by atoms with van der Waals surface area (Å²) in [5, 5.41) is 7.04. The summed E-state index contributed by atoms with van der Waals surface area (Å²) in [6, 6.07) is 10.2. The van der Waals surface area contributed by atoms with Gasteiger partial charge in [-0.3, -0.25) is 9.59 Å². The van der Waals surface area contributed by atoms with Gasteiger partial charge in [0.2, 0.25) is 0 Å². The fraction of sp³-hybridized carbons (Fsp3) is 0.222. The SMILES string of the molecule is CC(C)c1ccc(C(=O)NCc2noc(-c3ccc(Cl)cc3)n2)c(=O)[nH]1. The molecular formula is C18H17ClN4O3. The number of H-pyrrole nitrogens is 1. The first-order chi connectivity index (χ1) is 12.4. The third kappa shape index (κ3) is 4.00. The molecule has 2 N–H and O–H groups in total. The molecule has 0 saturated heterocycles. The second-order valence-corrected chi connectivity index (χ2v) is 6.45. The van der Waals surface area contributed by atoms with E-state index in [2.05, 4.69) is 20.4 Å². The fourth-order valence-electron chi connectivity index (χ4n) is 2.29. The Morgan fingerprint density at radius 1 is 1.23 bits per heavy atom. The lowest BCUT2D eigenvalue weighted by Crippen LogP contribution is -2.30. The molecule has 0 aliphatic heterocycles. The van der Waals surface area contributed by atoms with Gasteiger partial charge in [-0.2, -0.15) is 4.98 Å². The van der Waals surface area contributed by atoms with Gasteiger partial charge in [0.1, 0.15) is 5.56 Å². The molecular weight excluding hydrogens is 356 g/mol. The second kappa shape index (κ2) is 7.53. The maximum absolute atomic E-state index is 12.2. The van der Waals surface area contributed by atoms with Crippen molar-refractivity contribution < 1.29 is 9.32 Å². The Bertz CT molecular complexity index is 977. The summed E-state index contributed by atoms with van der Waals surface area (Å²) in [5.74, 6) is 0.299. The minimum atomic E-state index is -0.501. The van der Waals surface area contributed by atoms with Crippen LogP contribution in [0.5, 0.6) is 0 Å². The van der Waals surface area contributed by atoms with Crippen molar-refractivity contribution in [2.45, 2.75) is 26.3 Å². The van der Waals surface area contributed by atoms with E-state index >= 15 is 0 Å². The lowest BCUT2D eigenvalue weighted by Gasteiger charge is -2.06. The number of halogens is 1. The molecule has 1 aromatic carbocycles. The molecule has 0 unspecified atom stereocenters. The number of carbonyl (C=O) groups excluding carboxylic acids is 1. The minimum Gasteiger partial charge on any atom is -0.344 e. The second-order valence-electron chi connectivity index (χ2n) is 6.02. The molecule has 26 heavy (non-hydrogen) atoms. The molecule has 0 aliphatic rings. The van der Waals surface area contributed by atoms with Gasteiger partial charge < -0.3 is 14.8 Å². The number of hydrogen-bond acceptors (Lipinski definition) is 5. The largest absolute Gasteiger partial charge is 0.344 e. The monoisotopic (exact) mass is 372 g/mol. The Kier molecular flexibility index (Phi) is 5.18. The van der Waals surface area contributed by atoms with Crippen molar-refractivity contribution in [2.24, 2.45) is 0 Å². The molecule has 1 amide bonds. The van der Waals surface area contributed by atoms with Crippen molar-refractivity contribution in [3.63, 3.8) is 0 Å². The van der Waals surface area contributed by atoms with Crippen LogP contribution in [0.15, 0.2) is 45.7 Å². The molecule has 0 aliphatic carbocycles. The number of carbonyl (C=O) groups is 1. The molecule has 134 valence electrons. The zero-order valence-corrected chi connectivity index (χ0v) is 15.0. The van der Waals surface area contributed by atoms with E-state index in [1.54, 1.807) is 30.3 Å². The van der Waals surface area contributed by atoms with Crippen LogP contribution in [0.25, 0.3) is 11.5 Å². The quantitative estimate of drug-likeness (QED) is 0.716. The summed E-state index contributed by atoms with van der Waals surface area (Å²) >= 11 is 5.84. The summed E-state index contributed by atoms with van der Waals surface area (Å²) in [4.78, 5) is 31.2. The molecule has 7 nitrogen and oxygen atoms in total. The maximum atomic E-state index is 12.2. The first-order valence-corrected chi connectivity index (χ1v) is 8.42.